The van der Waals surface area contributed by atoms with E-state index in [9.17, 15) is 9.59 Å². The maximum absolute atomic E-state index is 12.5. The molecule has 0 heterocycles. The van der Waals surface area contributed by atoms with E-state index >= 15 is 0 Å². The van der Waals surface area contributed by atoms with Crippen molar-refractivity contribution in [1.29, 1.82) is 0 Å². The first-order valence-electron chi connectivity index (χ1n) is 7.51. The molecule has 0 spiro atoms. The van der Waals surface area contributed by atoms with Gasteiger partial charge in [0.1, 0.15) is 6.54 Å². The van der Waals surface area contributed by atoms with Gasteiger partial charge < -0.3 is 10.0 Å². The molecule has 0 atom stereocenters. The summed E-state index contributed by atoms with van der Waals surface area (Å²) >= 11 is 0. The third-order valence-electron chi connectivity index (χ3n) is 4.64. The second kappa shape index (κ2) is 5.93. The minimum Gasteiger partial charge on any atom is -0.480 e. The summed E-state index contributed by atoms with van der Waals surface area (Å²) in [6, 6.07) is 0.200. The number of rotatable bonds is 5. The van der Waals surface area contributed by atoms with Crippen LogP contribution in [0.1, 0.15) is 52.4 Å². The lowest BCUT2D eigenvalue weighted by Gasteiger charge is -2.33. The summed E-state index contributed by atoms with van der Waals surface area (Å²) in [5.41, 5.74) is 0. The maximum Gasteiger partial charge on any atom is 0.323 e. The Labute approximate surface area is 115 Å². The van der Waals surface area contributed by atoms with Crippen LogP contribution in [0.25, 0.3) is 0 Å². The molecule has 1 N–H and O–H groups in total. The minimum absolute atomic E-state index is 0.0648. The van der Waals surface area contributed by atoms with Crippen molar-refractivity contribution in [2.45, 2.75) is 58.4 Å². The Hall–Kier alpha value is -1.06. The minimum atomic E-state index is -0.892. The molecule has 2 aliphatic rings. The molecule has 108 valence electrons. The lowest BCUT2D eigenvalue weighted by Crippen LogP contribution is -2.42. The highest BCUT2D eigenvalue weighted by Gasteiger charge is 2.38. The van der Waals surface area contributed by atoms with Gasteiger partial charge in [0, 0.05) is 12.0 Å². The van der Waals surface area contributed by atoms with E-state index in [0.29, 0.717) is 5.92 Å². The predicted molar refractivity (Wildman–Crippen MR) is 72.7 cm³/mol. The predicted octanol–water partition coefficient (Wildman–Crippen LogP) is 2.52. The van der Waals surface area contributed by atoms with Crippen LogP contribution in [0, 0.1) is 17.8 Å². The van der Waals surface area contributed by atoms with Gasteiger partial charge in [-0.3, -0.25) is 9.59 Å². The second-order valence-electron chi connectivity index (χ2n) is 6.45. The first kappa shape index (κ1) is 14.4. The van der Waals surface area contributed by atoms with Gasteiger partial charge in [0.25, 0.3) is 0 Å². The number of carboxylic acid groups (broad SMARTS) is 1. The van der Waals surface area contributed by atoms with Crippen LogP contribution in [0.5, 0.6) is 0 Å². The van der Waals surface area contributed by atoms with Crippen LogP contribution in [0.2, 0.25) is 0 Å². The van der Waals surface area contributed by atoms with Gasteiger partial charge in [0.05, 0.1) is 0 Å². The Morgan fingerprint density at radius 2 is 1.68 bits per heavy atom. The molecular formula is C15H25NO3. The van der Waals surface area contributed by atoms with E-state index in [1.807, 2.05) is 0 Å². The average molecular weight is 267 g/mol. The van der Waals surface area contributed by atoms with Gasteiger partial charge in [-0.05, 0) is 50.4 Å². The number of hydrogen-bond acceptors (Lipinski definition) is 2. The normalized spacial score (nSPS) is 27.3. The quantitative estimate of drug-likeness (QED) is 0.832. The molecular weight excluding hydrogens is 242 g/mol. The molecule has 2 aliphatic carbocycles. The lowest BCUT2D eigenvalue weighted by molar-refractivity contribution is -0.147. The maximum atomic E-state index is 12.5. The Bertz CT molecular complexity index is 341. The first-order chi connectivity index (χ1) is 8.99. The Kier molecular flexibility index (Phi) is 4.48. The Morgan fingerprint density at radius 1 is 1.11 bits per heavy atom. The van der Waals surface area contributed by atoms with E-state index in [4.69, 9.17) is 5.11 Å². The summed E-state index contributed by atoms with van der Waals surface area (Å²) in [4.78, 5) is 24.9. The van der Waals surface area contributed by atoms with Gasteiger partial charge in [0.15, 0.2) is 0 Å². The number of carboxylic acids is 1. The van der Waals surface area contributed by atoms with Crippen LogP contribution < -0.4 is 0 Å². The molecule has 4 heteroatoms. The van der Waals surface area contributed by atoms with E-state index in [1.165, 1.54) is 0 Å². The van der Waals surface area contributed by atoms with Crippen LogP contribution in [0.3, 0.4) is 0 Å². The average Bonchev–Trinajstić information content (AvgIpc) is 3.19. The number of carbonyl (C=O) groups is 2. The largest absolute Gasteiger partial charge is 0.480 e. The van der Waals surface area contributed by atoms with Crippen LogP contribution in [0.4, 0.5) is 0 Å². The molecule has 2 rings (SSSR count). The molecule has 0 aromatic rings. The van der Waals surface area contributed by atoms with Crippen molar-refractivity contribution in [2.24, 2.45) is 17.8 Å². The summed E-state index contributed by atoms with van der Waals surface area (Å²) in [5, 5.41) is 8.93. The molecule has 0 saturated heterocycles. The van der Waals surface area contributed by atoms with E-state index in [2.05, 4.69) is 13.8 Å². The highest BCUT2D eigenvalue weighted by atomic mass is 16.4. The molecule has 0 radical (unpaired) electrons. The number of aliphatic carboxylic acids is 1. The van der Waals surface area contributed by atoms with Crippen LogP contribution in [0.15, 0.2) is 0 Å². The van der Waals surface area contributed by atoms with Crippen LogP contribution >= 0.6 is 0 Å². The molecule has 1 amide bonds. The van der Waals surface area contributed by atoms with Crippen LogP contribution in [-0.2, 0) is 9.59 Å². The van der Waals surface area contributed by atoms with E-state index in [-0.39, 0.29) is 24.4 Å². The molecule has 0 aromatic heterocycles. The van der Waals surface area contributed by atoms with Gasteiger partial charge in [-0.15, -0.1) is 0 Å². The summed E-state index contributed by atoms with van der Waals surface area (Å²) in [6.07, 6.45) is 6.04. The summed E-state index contributed by atoms with van der Waals surface area (Å²) in [5.74, 6) is 0.686. The molecule has 0 bridgehead atoms. The lowest BCUT2D eigenvalue weighted by atomic mass is 9.76. The van der Waals surface area contributed by atoms with Crippen molar-refractivity contribution in [3.8, 4) is 0 Å². The fourth-order valence-electron chi connectivity index (χ4n) is 3.19. The smallest absolute Gasteiger partial charge is 0.323 e. The highest BCUT2D eigenvalue weighted by molar-refractivity contribution is 5.83. The number of nitrogens with zero attached hydrogens (tertiary/aromatic N) is 1. The zero-order valence-corrected chi connectivity index (χ0v) is 12.0. The molecule has 4 nitrogen and oxygen atoms in total. The summed E-state index contributed by atoms with van der Waals surface area (Å²) in [6.45, 7) is 4.37. The topological polar surface area (TPSA) is 57.6 Å². The van der Waals surface area contributed by atoms with Gasteiger partial charge in [-0.25, -0.2) is 0 Å². The second-order valence-corrected chi connectivity index (χ2v) is 6.45. The van der Waals surface area contributed by atoms with Gasteiger partial charge in [0.2, 0.25) is 5.91 Å². The standard InChI is InChI=1S/C15H25NO3/c1-10(2)11-3-5-12(6-4-11)15(19)16(9-14(17)18)13-7-8-13/h10-13H,3-9H2,1-2H3,(H,17,18). The molecule has 0 aromatic carbocycles. The molecule has 0 aliphatic heterocycles. The zero-order chi connectivity index (χ0) is 14.0. The van der Waals surface area contributed by atoms with Crippen molar-refractivity contribution in [2.75, 3.05) is 6.54 Å². The molecule has 19 heavy (non-hydrogen) atoms. The summed E-state index contributed by atoms with van der Waals surface area (Å²) in [7, 11) is 0. The Balaban J connectivity index is 1.90. The van der Waals surface area contributed by atoms with Crippen molar-refractivity contribution in [3.05, 3.63) is 0 Å². The fourth-order valence-corrected chi connectivity index (χ4v) is 3.19. The van der Waals surface area contributed by atoms with Gasteiger partial charge in [-0.2, -0.15) is 0 Å². The third-order valence-corrected chi connectivity index (χ3v) is 4.64. The van der Waals surface area contributed by atoms with Gasteiger partial charge in [-0.1, -0.05) is 13.8 Å². The fraction of sp³-hybridized carbons (Fsp3) is 0.867. The molecule has 2 fully saturated rings. The summed E-state index contributed by atoms with van der Waals surface area (Å²) < 4.78 is 0. The first-order valence-corrected chi connectivity index (χ1v) is 7.51. The molecule has 2 saturated carbocycles. The van der Waals surface area contributed by atoms with Crippen LogP contribution in [-0.4, -0.2) is 34.5 Å². The highest BCUT2D eigenvalue weighted by Crippen LogP contribution is 2.36. The molecule has 0 unspecified atom stereocenters. The third kappa shape index (κ3) is 3.71. The van der Waals surface area contributed by atoms with Crippen molar-refractivity contribution in [3.63, 3.8) is 0 Å². The monoisotopic (exact) mass is 267 g/mol. The van der Waals surface area contributed by atoms with E-state index in [1.54, 1.807) is 4.90 Å². The number of carbonyl (C=O) groups excluding carboxylic acids is 1. The van der Waals surface area contributed by atoms with E-state index < -0.39 is 5.97 Å². The van der Waals surface area contributed by atoms with E-state index in [0.717, 1.165) is 44.4 Å². The van der Waals surface area contributed by atoms with Crippen molar-refractivity contribution < 1.29 is 14.7 Å². The van der Waals surface area contributed by atoms with Crippen molar-refractivity contribution >= 4 is 11.9 Å². The van der Waals surface area contributed by atoms with Crippen molar-refractivity contribution in [1.82, 2.24) is 4.90 Å². The Morgan fingerprint density at radius 3 is 2.11 bits per heavy atom. The number of amides is 1. The van der Waals surface area contributed by atoms with Gasteiger partial charge >= 0.3 is 5.97 Å². The number of hydrogen-bond donors (Lipinski definition) is 1. The zero-order valence-electron chi connectivity index (χ0n) is 12.0. The SMILES string of the molecule is CC(C)C1CCC(C(=O)N(CC(=O)O)C2CC2)CC1.